The molecule has 0 unspecified atom stereocenters. The fourth-order valence-electron chi connectivity index (χ4n) is 5.48. The van der Waals surface area contributed by atoms with E-state index in [9.17, 15) is 9.59 Å². The van der Waals surface area contributed by atoms with Gasteiger partial charge in [0, 0.05) is 26.3 Å². The molecule has 0 aliphatic carbocycles. The van der Waals surface area contributed by atoms with Gasteiger partial charge in [-0.1, -0.05) is 18.6 Å². The number of likely N-dealkylation sites (tertiary alicyclic amines) is 2. The van der Waals surface area contributed by atoms with Crippen LogP contribution < -0.4 is 0 Å². The molecule has 3 fully saturated rings. The number of nitrogens with zero attached hydrogens (tertiary/aromatic N) is 5. The molecular formula is C22H29N5O3. The van der Waals surface area contributed by atoms with Gasteiger partial charge < -0.3 is 19.4 Å². The minimum absolute atomic E-state index is 0.0546. The zero-order valence-corrected chi connectivity index (χ0v) is 17.4. The fourth-order valence-corrected chi connectivity index (χ4v) is 5.48. The summed E-state index contributed by atoms with van der Waals surface area (Å²) in [7, 11) is 1.76. The van der Waals surface area contributed by atoms with E-state index in [1.807, 2.05) is 17.1 Å². The quantitative estimate of drug-likeness (QED) is 0.642. The van der Waals surface area contributed by atoms with Gasteiger partial charge in [-0.25, -0.2) is 9.97 Å². The maximum Gasteiger partial charge on any atom is 0.230 e. The SMILES string of the molecule is CN(Cc1ccncn1)C(=O)[C@H]1[C@@H]2C=C[C@@]3(CN(CCN4CCCCC4)C(=O)[C@@H]13)O2. The highest BCUT2D eigenvalue weighted by Gasteiger charge is 2.67. The van der Waals surface area contributed by atoms with Crippen LogP contribution >= 0.6 is 0 Å². The summed E-state index contributed by atoms with van der Waals surface area (Å²) in [5.74, 6) is -0.878. The van der Waals surface area contributed by atoms with Gasteiger partial charge in [-0.05, 0) is 32.0 Å². The molecule has 4 atom stereocenters. The monoisotopic (exact) mass is 411 g/mol. The Labute approximate surface area is 176 Å². The summed E-state index contributed by atoms with van der Waals surface area (Å²) in [6.45, 7) is 4.77. The number of carbonyl (C=O) groups is 2. The Balaban J connectivity index is 1.28. The van der Waals surface area contributed by atoms with Gasteiger partial charge in [-0.2, -0.15) is 0 Å². The lowest BCUT2D eigenvalue weighted by Gasteiger charge is -2.29. The van der Waals surface area contributed by atoms with Crippen LogP contribution in [-0.4, -0.2) is 88.0 Å². The van der Waals surface area contributed by atoms with Gasteiger partial charge in [0.25, 0.3) is 0 Å². The molecule has 1 aromatic heterocycles. The molecular weight excluding hydrogens is 382 g/mol. The van der Waals surface area contributed by atoms with Crippen molar-refractivity contribution >= 4 is 11.8 Å². The third-order valence-electron chi connectivity index (χ3n) is 7.02. The first-order chi connectivity index (χ1) is 14.6. The van der Waals surface area contributed by atoms with Crippen LogP contribution in [0.5, 0.6) is 0 Å². The zero-order valence-electron chi connectivity index (χ0n) is 17.4. The van der Waals surface area contributed by atoms with E-state index in [1.165, 1.54) is 25.6 Å². The second-order valence-electron chi connectivity index (χ2n) is 8.96. The Morgan fingerprint density at radius 3 is 2.90 bits per heavy atom. The van der Waals surface area contributed by atoms with E-state index in [4.69, 9.17) is 4.74 Å². The standard InChI is InChI=1S/C22H29N5O3/c1-25(13-16-6-8-23-15-24-16)20(28)18-17-5-7-22(30-17)14-27(21(29)19(18)22)12-11-26-9-3-2-4-10-26/h5-8,15,17-19H,2-4,9-14H2,1H3/t17-,18-,19+,22-/m0/s1. The normalized spacial score (nSPS) is 32.6. The van der Waals surface area contributed by atoms with Crippen molar-refractivity contribution in [3.05, 3.63) is 36.4 Å². The van der Waals surface area contributed by atoms with Crippen LogP contribution in [0.4, 0.5) is 0 Å². The highest BCUT2D eigenvalue weighted by Crippen LogP contribution is 2.52. The number of amides is 2. The molecule has 2 amide bonds. The molecule has 4 aliphatic rings. The van der Waals surface area contributed by atoms with Crippen molar-refractivity contribution in [2.24, 2.45) is 11.8 Å². The van der Waals surface area contributed by atoms with Crippen molar-refractivity contribution in [3.63, 3.8) is 0 Å². The summed E-state index contributed by atoms with van der Waals surface area (Å²) in [6, 6.07) is 1.80. The molecule has 0 radical (unpaired) electrons. The van der Waals surface area contributed by atoms with E-state index >= 15 is 0 Å². The summed E-state index contributed by atoms with van der Waals surface area (Å²) in [5.41, 5.74) is 0.135. The average molecular weight is 412 g/mol. The van der Waals surface area contributed by atoms with Crippen molar-refractivity contribution in [3.8, 4) is 0 Å². The third-order valence-corrected chi connectivity index (χ3v) is 7.02. The van der Waals surface area contributed by atoms with Crippen molar-refractivity contribution in [2.75, 3.05) is 39.8 Å². The predicted octanol–water partition coefficient (Wildman–Crippen LogP) is 0.703. The number of carbonyl (C=O) groups excluding carboxylic acids is 2. The van der Waals surface area contributed by atoms with Crippen LogP contribution in [-0.2, 0) is 20.9 Å². The Kier molecular flexibility index (Phi) is 5.06. The lowest BCUT2D eigenvalue weighted by molar-refractivity contribution is -0.142. The average Bonchev–Trinajstić information content (AvgIpc) is 3.41. The van der Waals surface area contributed by atoms with E-state index in [0.29, 0.717) is 19.6 Å². The molecule has 1 aromatic rings. The second-order valence-corrected chi connectivity index (χ2v) is 8.96. The van der Waals surface area contributed by atoms with Crippen molar-refractivity contribution < 1.29 is 14.3 Å². The van der Waals surface area contributed by atoms with E-state index in [2.05, 4.69) is 14.9 Å². The Bertz CT molecular complexity index is 840. The van der Waals surface area contributed by atoms with Crippen molar-refractivity contribution in [1.29, 1.82) is 0 Å². The maximum absolute atomic E-state index is 13.3. The topological polar surface area (TPSA) is 78.9 Å². The summed E-state index contributed by atoms with van der Waals surface area (Å²) in [5, 5.41) is 0. The van der Waals surface area contributed by atoms with Gasteiger partial charge in [0.2, 0.25) is 11.8 Å². The first-order valence-corrected chi connectivity index (χ1v) is 11.0. The van der Waals surface area contributed by atoms with Crippen LogP contribution in [0.25, 0.3) is 0 Å². The summed E-state index contributed by atoms with van der Waals surface area (Å²) in [6.07, 6.45) is 10.6. The molecule has 4 aliphatic heterocycles. The van der Waals surface area contributed by atoms with Crippen LogP contribution in [0.3, 0.4) is 0 Å². The maximum atomic E-state index is 13.3. The van der Waals surface area contributed by atoms with Crippen LogP contribution in [0.15, 0.2) is 30.7 Å². The lowest BCUT2D eigenvalue weighted by atomic mass is 9.76. The molecule has 0 saturated carbocycles. The zero-order chi connectivity index (χ0) is 20.7. The van der Waals surface area contributed by atoms with Gasteiger partial charge in [-0.3, -0.25) is 9.59 Å². The molecule has 160 valence electrons. The minimum Gasteiger partial charge on any atom is -0.360 e. The third kappa shape index (κ3) is 3.32. The number of ether oxygens (including phenoxy) is 1. The molecule has 0 N–H and O–H groups in total. The molecule has 8 nitrogen and oxygen atoms in total. The smallest absolute Gasteiger partial charge is 0.230 e. The van der Waals surface area contributed by atoms with E-state index in [1.54, 1.807) is 24.2 Å². The van der Waals surface area contributed by atoms with Gasteiger partial charge >= 0.3 is 0 Å². The number of hydrogen-bond donors (Lipinski definition) is 0. The highest BCUT2D eigenvalue weighted by atomic mass is 16.5. The second kappa shape index (κ2) is 7.74. The number of rotatable bonds is 6. The molecule has 3 saturated heterocycles. The summed E-state index contributed by atoms with van der Waals surface area (Å²) < 4.78 is 6.25. The fraction of sp³-hybridized carbons (Fsp3) is 0.636. The molecule has 30 heavy (non-hydrogen) atoms. The molecule has 5 heterocycles. The Morgan fingerprint density at radius 1 is 1.30 bits per heavy atom. The molecule has 1 spiro atoms. The number of fused-ring (bicyclic) bond motifs is 1. The van der Waals surface area contributed by atoms with Crippen molar-refractivity contribution in [1.82, 2.24) is 24.7 Å². The van der Waals surface area contributed by atoms with Gasteiger partial charge in [0.05, 0.1) is 36.7 Å². The first-order valence-electron chi connectivity index (χ1n) is 11.0. The summed E-state index contributed by atoms with van der Waals surface area (Å²) in [4.78, 5) is 40.8. The number of hydrogen-bond acceptors (Lipinski definition) is 6. The van der Waals surface area contributed by atoms with E-state index in [-0.39, 0.29) is 17.9 Å². The molecule has 5 rings (SSSR count). The number of piperidine rings is 1. The molecule has 8 heteroatoms. The minimum atomic E-state index is -0.639. The lowest BCUT2D eigenvalue weighted by Crippen LogP contribution is -2.45. The summed E-state index contributed by atoms with van der Waals surface area (Å²) >= 11 is 0. The predicted molar refractivity (Wildman–Crippen MR) is 109 cm³/mol. The van der Waals surface area contributed by atoms with Gasteiger partial charge in [-0.15, -0.1) is 0 Å². The Morgan fingerprint density at radius 2 is 2.13 bits per heavy atom. The first kappa shape index (κ1) is 19.6. The molecule has 0 aromatic carbocycles. The highest BCUT2D eigenvalue weighted by molar-refractivity contribution is 5.93. The van der Waals surface area contributed by atoms with E-state index in [0.717, 1.165) is 25.3 Å². The van der Waals surface area contributed by atoms with Crippen molar-refractivity contribution in [2.45, 2.75) is 37.5 Å². The van der Waals surface area contributed by atoms with Crippen LogP contribution in [0.2, 0.25) is 0 Å². The van der Waals surface area contributed by atoms with Crippen LogP contribution in [0.1, 0.15) is 25.0 Å². The largest absolute Gasteiger partial charge is 0.360 e. The number of aromatic nitrogens is 2. The Hall–Kier alpha value is -2.32. The van der Waals surface area contributed by atoms with Gasteiger partial charge in [0.1, 0.15) is 11.9 Å². The molecule has 2 bridgehead atoms. The van der Waals surface area contributed by atoms with Gasteiger partial charge in [0.15, 0.2) is 0 Å². The van der Waals surface area contributed by atoms with E-state index < -0.39 is 17.4 Å². The van der Waals surface area contributed by atoms with Crippen LogP contribution in [0, 0.1) is 11.8 Å².